The van der Waals surface area contributed by atoms with Crippen LogP contribution in [-0.4, -0.2) is 40.3 Å². The van der Waals surface area contributed by atoms with E-state index in [4.69, 9.17) is 18.8 Å². The van der Waals surface area contributed by atoms with Crippen LogP contribution in [0, 0.1) is 5.41 Å². The first-order valence-corrected chi connectivity index (χ1v) is 15.0. The Morgan fingerprint density at radius 2 is 1.45 bits per heavy atom. The Kier molecular flexibility index (Phi) is 7.26. The number of rotatable bonds is 7. The van der Waals surface area contributed by atoms with Crippen LogP contribution in [0.25, 0.3) is 0 Å². The number of benzene rings is 1. The molecule has 31 heavy (non-hydrogen) atoms. The van der Waals surface area contributed by atoms with Crippen molar-refractivity contribution in [2.24, 2.45) is 5.41 Å². The molecule has 0 aromatic heterocycles. The smallest absolute Gasteiger partial charge is 0.468 e. The Labute approximate surface area is 192 Å². The van der Waals surface area contributed by atoms with Crippen molar-refractivity contribution >= 4 is 25.8 Å². The molecule has 0 atom stereocenters. The summed E-state index contributed by atoms with van der Waals surface area (Å²) in [6.45, 7) is 27.2. The molecule has 0 unspecified atom stereocenters. The molecule has 6 heteroatoms. The van der Waals surface area contributed by atoms with Crippen LogP contribution < -0.4 is 15.4 Å². The topological polar surface area (TPSA) is 36.9 Å². The van der Waals surface area contributed by atoms with Crippen molar-refractivity contribution in [1.82, 2.24) is 0 Å². The molecule has 1 heterocycles. The fourth-order valence-corrected chi connectivity index (χ4v) is 5.94. The number of ether oxygens (including phenoxy) is 2. The van der Waals surface area contributed by atoms with Gasteiger partial charge in [0.15, 0.2) is 6.79 Å². The first kappa shape index (κ1) is 26.4. The van der Waals surface area contributed by atoms with Crippen LogP contribution in [0.3, 0.4) is 0 Å². The summed E-state index contributed by atoms with van der Waals surface area (Å²) in [5, 5.41) is 1.29. The molecule has 1 aliphatic heterocycles. The van der Waals surface area contributed by atoms with Crippen LogP contribution in [0.4, 0.5) is 0 Å². The van der Waals surface area contributed by atoms with Crippen LogP contribution in [0.2, 0.25) is 19.6 Å². The summed E-state index contributed by atoms with van der Waals surface area (Å²) in [7, 11) is -0.561. The predicted octanol–water partition coefficient (Wildman–Crippen LogP) is 5.23. The summed E-state index contributed by atoms with van der Waals surface area (Å²) in [5.74, 6) is 0.870. The lowest BCUT2D eigenvalue weighted by Crippen LogP contribution is -2.46. The number of hydrogen-bond donors (Lipinski definition) is 0. The normalized spacial score (nSPS) is 19.1. The fraction of sp³-hybridized carbons (Fsp3) is 0.760. The highest BCUT2D eigenvalue weighted by atomic mass is 28.3. The summed E-state index contributed by atoms with van der Waals surface area (Å²) < 4.78 is 24.5. The third-order valence-electron chi connectivity index (χ3n) is 6.51. The first-order valence-electron chi connectivity index (χ1n) is 11.5. The lowest BCUT2D eigenvalue weighted by Gasteiger charge is -2.35. The summed E-state index contributed by atoms with van der Waals surface area (Å²) in [6.07, 6.45) is 1.08. The SMILES string of the molecule is COCOc1c(B2OC(C)(C)C(C)(C)O2)cc(C(C)(C)CC(C)(C)C)cc1[Si](C)(C)C. The molecule has 0 radical (unpaired) electrons. The van der Waals surface area contributed by atoms with Gasteiger partial charge in [-0.2, -0.15) is 0 Å². The Morgan fingerprint density at radius 1 is 0.935 bits per heavy atom. The van der Waals surface area contributed by atoms with E-state index in [2.05, 4.69) is 94.1 Å². The Morgan fingerprint density at radius 3 is 1.87 bits per heavy atom. The molecular formula is C25H45BO4Si. The van der Waals surface area contributed by atoms with E-state index < -0.39 is 26.4 Å². The van der Waals surface area contributed by atoms with Crippen LogP contribution in [0.5, 0.6) is 5.75 Å². The average molecular weight is 449 g/mol. The maximum atomic E-state index is 6.48. The van der Waals surface area contributed by atoms with E-state index >= 15 is 0 Å². The molecular weight excluding hydrogens is 403 g/mol. The summed E-state index contributed by atoms with van der Waals surface area (Å²) in [5.41, 5.74) is 1.70. The van der Waals surface area contributed by atoms with E-state index in [1.807, 2.05) is 0 Å². The van der Waals surface area contributed by atoms with Crippen molar-refractivity contribution in [1.29, 1.82) is 0 Å². The second-order valence-electron chi connectivity index (χ2n) is 13.0. The monoisotopic (exact) mass is 448 g/mol. The molecule has 1 fully saturated rings. The van der Waals surface area contributed by atoms with Gasteiger partial charge in [0.05, 0.1) is 19.3 Å². The Bertz CT molecular complexity index is 772. The van der Waals surface area contributed by atoms with Gasteiger partial charge in [-0.3, -0.25) is 0 Å². The Balaban J connectivity index is 2.73. The van der Waals surface area contributed by atoms with Gasteiger partial charge in [-0.15, -0.1) is 0 Å². The minimum absolute atomic E-state index is 0.00479. The van der Waals surface area contributed by atoms with Crippen LogP contribution in [-0.2, 0) is 19.5 Å². The minimum Gasteiger partial charge on any atom is -0.468 e. The largest absolute Gasteiger partial charge is 0.498 e. The molecule has 1 saturated heterocycles. The lowest BCUT2D eigenvalue weighted by atomic mass is 9.69. The standard InChI is InChI=1S/C25H45BO4Si/c1-22(2,3)16-23(4,5)18-14-19(26-29-24(6,7)25(8,9)30-26)21(28-17-27-10)20(15-18)31(11,12)13/h14-15H,16-17H2,1-13H3. The van der Waals surface area contributed by atoms with Gasteiger partial charge in [-0.25, -0.2) is 0 Å². The van der Waals surface area contributed by atoms with E-state index in [1.165, 1.54) is 10.8 Å². The average Bonchev–Trinajstić information content (AvgIpc) is 2.76. The third kappa shape index (κ3) is 5.95. The van der Waals surface area contributed by atoms with Crippen molar-refractivity contribution in [3.8, 4) is 5.75 Å². The molecule has 1 aliphatic rings. The van der Waals surface area contributed by atoms with E-state index in [-0.39, 0.29) is 17.6 Å². The van der Waals surface area contributed by atoms with Gasteiger partial charge >= 0.3 is 7.12 Å². The van der Waals surface area contributed by atoms with Gasteiger partial charge in [-0.1, -0.05) is 66.4 Å². The van der Waals surface area contributed by atoms with Crippen LogP contribution in [0.15, 0.2) is 12.1 Å². The highest BCUT2D eigenvalue weighted by Crippen LogP contribution is 2.39. The molecule has 2 rings (SSSR count). The van der Waals surface area contributed by atoms with Crippen molar-refractivity contribution < 1.29 is 18.8 Å². The molecule has 0 aliphatic carbocycles. The van der Waals surface area contributed by atoms with Crippen molar-refractivity contribution in [2.75, 3.05) is 13.9 Å². The molecule has 4 nitrogen and oxygen atoms in total. The summed E-state index contributed by atoms with van der Waals surface area (Å²) in [6, 6.07) is 4.63. The zero-order chi connectivity index (χ0) is 24.0. The highest BCUT2D eigenvalue weighted by molar-refractivity contribution is 6.89. The summed E-state index contributed by atoms with van der Waals surface area (Å²) in [4.78, 5) is 0. The predicted molar refractivity (Wildman–Crippen MR) is 135 cm³/mol. The quantitative estimate of drug-likeness (QED) is 0.423. The highest BCUT2D eigenvalue weighted by Gasteiger charge is 2.53. The molecule has 0 saturated carbocycles. The molecule has 0 N–H and O–H groups in total. The molecule has 0 spiro atoms. The zero-order valence-corrected chi connectivity index (χ0v) is 23.3. The van der Waals surface area contributed by atoms with Gasteiger partial charge in [0.25, 0.3) is 0 Å². The van der Waals surface area contributed by atoms with E-state index in [0.717, 1.165) is 17.6 Å². The van der Waals surface area contributed by atoms with E-state index in [1.54, 1.807) is 7.11 Å². The van der Waals surface area contributed by atoms with Gasteiger partial charge in [0.2, 0.25) is 0 Å². The van der Waals surface area contributed by atoms with Gasteiger partial charge in [0.1, 0.15) is 5.75 Å². The summed E-state index contributed by atoms with van der Waals surface area (Å²) >= 11 is 0. The van der Waals surface area contributed by atoms with Crippen LogP contribution in [0.1, 0.15) is 74.3 Å². The second-order valence-corrected chi connectivity index (χ2v) is 18.0. The van der Waals surface area contributed by atoms with Crippen molar-refractivity contribution in [3.05, 3.63) is 17.7 Å². The number of hydrogen-bond acceptors (Lipinski definition) is 4. The molecule has 0 amide bonds. The van der Waals surface area contributed by atoms with Crippen molar-refractivity contribution in [3.63, 3.8) is 0 Å². The zero-order valence-electron chi connectivity index (χ0n) is 22.3. The molecule has 1 aromatic rings. The minimum atomic E-state index is -1.74. The second kappa shape index (κ2) is 8.51. The fourth-order valence-electron chi connectivity index (χ4n) is 4.45. The molecule has 1 aromatic carbocycles. The van der Waals surface area contributed by atoms with Gasteiger partial charge in [-0.05, 0) is 55.7 Å². The van der Waals surface area contributed by atoms with Gasteiger partial charge < -0.3 is 18.8 Å². The van der Waals surface area contributed by atoms with Crippen LogP contribution >= 0.6 is 0 Å². The Hall–Kier alpha value is -0.818. The number of methoxy groups -OCH3 is 1. The maximum Gasteiger partial charge on any atom is 0.498 e. The van der Waals surface area contributed by atoms with Gasteiger partial charge in [0, 0.05) is 12.6 Å². The van der Waals surface area contributed by atoms with E-state index in [9.17, 15) is 0 Å². The first-order chi connectivity index (χ1) is 13.8. The lowest BCUT2D eigenvalue weighted by molar-refractivity contribution is 0.00578. The maximum absolute atomic E-state index is 6.48. The van der Waals surface area contributed by atoms with Crippen molar-refractivity contribution in [2.45, 2.75) is 105 Å². The molecule has 0 bridgehead atoms. The molecule has 176 valence electrons. The third-order valence-corrected chi connectivity index (χ3v) is 8.50. The van der Waals surface area contributed by atoms with E-state index in [0.29, 0.717) is 0 Å².